The van der Waals surface area contributed by atoms with Crippen LogP contribution in [0.15, 0.2) is 33.1 Å². The number of hydrogen-bond acceptors (Lipinski definition) is 3. The molecule has 6 heteroatoms. The first-order valence-corrected chi connectivity index (χ1v) is 8.63. The maximum absolute atomic E-state index is 12.3. The second-order valence-electron chi connectivity index (χ2n) is 5.30. The van der Waals surface area contributed by atoms with Crippen LogP contribution < -0.4 is 0 Å². The molecule has 0 aliphatic carbocycles. The van der Waals surface area contributed by atoms with Crippen molar-refractivity contribution in [2.45, 2.75) is 32.1 Å². The zero-order chi connectivity index (χ0) is 14.7. The predicted molar refractivity (Wildman–Crippen MR) is 80.6 cm³/mol. The molecule has 19 heavy (non-hydrogen) atoms. The van der Waals surface area contributed by atoms with Crippen LogP contribution >= 0.6 is 15.9 Å². The van der Waals surface area contributed by atoms with E-state index in [2.05, 4.69) is 20.3 Å². The van der Waals surface area contributed by atoms with Crippen LogP contribution in [0.5, 0.6) is 0 Å². The summed E-state index contributed by atoms with van der Waals surface area (Å²) in [5, 5.41) is 0. The van der Waals surface area contributed by atoms with Crippen molar-refractivity contribution in [3.8, 4) is 0 Å². The van der Waals surface area contributed by atoms with Gasteiger partial charge in [0.05, 0.1) is 15.5 Å². The first-order chi connectivity index (χ1) is 8.57. The van der Waals surface area contributed by atoms with Gasteiger partial charge in [0, 0.05) is 10.7 Å². The van der Waals surface area contributed by atoms with Gasteiger partial charge in [0.1, 0.15) is 5.60 Å². The summed E-state index contributed by atoms with van der Waals surface area (Å²) in [5.74, 6) is 0.222. The molecule has 1 unspecified atom stereocenters. The molecule has 1 aromatic rings. The Hall–Kier alpha value is -0.880. The van der Waals surface area contributed by atoms with Crippen LogP contribution in [-0.2, 0) is 20.2 Å². The molecule has 4 nitrogen and oxygen atoms in total. The maximum atomic E-state index is 12.3. The molecule has 0 aliphatic rings. The third-order valence-electron chi connectivity index (χ3n) is 2.01. The van der Waals surface area contributed by atoms with Crippen LogP contribution in [0.2, 0.25) is 0 Å². The lowest BCUT2D eigenvalue weighted by molar-refractivity contribution is 0.0607. The van der Waals surface area contributed by atoms with Crippen LogP contribution in [0.1, 0.15) is 26.3 Å². The SMILES string of the molecule is CC(C)(C)OC(=O)N=S(C)(=O)Cc1ccc(Br)cc1. The number of halogens is 1. The van der Waals surface area contributed by atoms with Crippen LogP contribution in [0.25, 0.3) is 0 Å². The third-order valence-corrected chi connectivity index (χ3v) is 3.94. The van der Waals surface area contributed by atoms with Crippen LogP contribution in [0.3, 0.4) is 0 Å². The Balaban J connectivity index is 2.83. The normalized spacial score (nSPS) is 14.6. The number of amides is 1. The highest BCUT2D eigenvalue weighted by atomic mass is 79.9. The standard InChI is InChI=1S/C13H18BrNO3S/c1-13(2,3)18-12(16)15-19(4,17)9-10-5-7-11(14)8-6-10/h5-8H,9H2,1-4H3. The van der Waals surface area contributed by atoms with Crippen molar-refractivity contribution in [2.24, 2.45) is 4.36 Å². The van der Waals surface area contributed by atoms with Gasteiger partial charge in [-0.1, -0.05) is 28.1 Å². The first kappa shape index (κ1) is 16.2. The molecule has 0 aliphatic heterocycles. The second kappa shape index (κ2) is 6.05. The molecule has 0 N–H and O–H groups in total. The van der Waals surface area contributed by atoms with Gasteiger partial charge >= 0.3 is 6.09 Å². The van der Waals surface area contributed by atoms with E-state index in [1.807, 2.05) is 24.3 Å². The van der Waals surface area contributed by atoms with Gasteiger partial charge in [-0.15, -0.1) is 4.36 Å². The lowest BCUT2D eigenvalue weighted by atomic mass is 10.2. The quantitative estimate of drug-likeness (QED) is 0.812. The predicted octanol–water partition coefficient (Wildman–Crippen LogP) is 3.98. The Morgan fingerprint density at radius 3 is 2.32 bits per heavy atom. The third kappa shape index (κ3) is 6.73. The molecule has 106 valence electrons. The van der Waals surface area contributed by atoms with E-state index in [-0.39, 0.29) is 5.75 Å². The molecule has 1 atom stereocenters. The molecule has 0 radical (unpaired) electrons. The molecule has 1 amide bonds. The van der Waals surface area contributed by atoms with Crippen LogP contribution in [0.4, 0.5) is 4.79 Å². The Labute approximate surface area is 122 Å². The minimum Gasteiger partial charge on any atom is -0.442 e. The Kier molecular flexibility index (Phi) is 5.15. The van der Waals surface area contributed by atoms with Crippen LogP contribution in [0, 0.1) is 0 Å². The average Bonchev–Trinajstić information content (AvgIpc) is 2.17. The smallest absolute Gasteiger partial charge is 0.442 e. The van der Waals surface area contributed by atoms with Crippen molar-refractivity contribution in [2.75, 3.05) is 6.26 Å². The van der Waals surface area contributed by atoms with E-state index in [9.17, 15) is 9.00 Å². The number of hydrogen-bond donors (Lipinski definition) is 0. The van der Waals surface area contributed by atoms with Gasteiger partial charge in [-0.2, -0.15) is 0 Å². The fourth-order valence-corrected chi connectivity index (χ4v) is 2.85. The summed E-state index contributed by atoms with van der Waals surface area (Å²) in [5.41, 5.74) is 0.233. The van der Waals surface area contributed by atoms with Gasteiger partial charge < -0.3 is 4.74 Å². The lowest BCUT2D eigenvalue weighted by Gasteiger charge is -2.17. The lowest BCUT2D eigenvalue weighted by Crippen LogP contribution is -2.22. The molecule has 0 bridgehead atoms. The Bertz CT molecular complexity index is 567. The van der Waals surface area contributed by atoms with Crippen molar-refractivity contribution >= 4 is 31.8 Å². The Morgan fingerprint density at radius 1 is 1.32 bits per heavy atom. The summed E-state index contributed by atoms with van der Waals surface area (Å²) in [7, 11) is -2.63. The zero-order valence-electron chi connectivity index (χ0n) is 11.5. The van der Waals surface area contributed by atoms with Crippen molar-refractivity contribution in [3.05, 3.63) is 34.3 Å². The molecule has 1 aromatic carbocycles. The molecule has 0 saturated heterocycles. The van der Waals surface area contributed by atoms with Crippen molar-refractivity contribution in [3.63, 3.8) is 0 Å². The van der Waals surface area contributed by atoms with E-state index in [0.717, 1.165) is 10.0 Å². The highest BCUT2D eigenvalue weighted by molar-refractivity contribution is 9.10. The van der Waals surface area contributed by atoms with Crippen LogP contribution in [-0.4, -0.2) is 22.2 Å². The Morgan fingerprint density at radius 2 is 1.84 bits per heavy atom. The monoisotopic (exact) mass is 347 g/mol. The number of ether oxygens (including phenoxy) is 1. The molecule has 0 aromatic heterocycles. The van der Waals surface area contributed by atoms with Gasteiger partial charge in [0.15, 0.2) is 0 Å². The number of carbonyl (C=O) groups is 1. The summed E-state index contributed by atoms with van der Waals surface area (Å²) in [6, 6.07) is 7.41. The summed E-state index contributed by atoms with van der Waals surface area (Å²) in [6.07, 6.45) is 0.677. The second-order valence-corrected chi connectivity index (χ2v) is 8.61. The van der Waals surface area contributed by atoms with Gasteiger partial charge in [-0.05, 0) is 38.5 Å². The summed E-state index contributed by atoms with van der Waals surface area (Å²) in [6.45, 7) is 5.23. The number of nitrogens with zero attached hydrogens (tertiary/aromatic N) is 1. The zero-order valence-corrected chi connectivity index (χ0v) is 13.9. The summed E-state index contributed by atoms with van der Waals surface area (Å²) < 4.78 is 21.9. The van der Waals surface area contributed by atoms with E-state index in [1.165, 1.54) is 6.26 Å². The molecular weight excluding hydrogens is 330 g/mol. The summed E-state index contributed by atoms with van der Waals surface area (Å²) >= 11 is 3.33. The highest BCUT2D eigenvalue weighted by Gasteiger charge is 2.17. The van der Waals surface area contributed by atoms with Gasteiger partial charge in [0.2, 0.25) is 0 Å². The largest absolute Gasteiger partial charge is 0.442 e. The topological polar surface area (TPSA) is 55.7 Å². The van der Waals surface area contributed by atoms with Gasteiger partial charge in [-0.25, -0.2) is 9.00 Å². The van der Waals surface area contributed by atoms with Crippen molar-refractivity contribution in [1.82, 2.24) is 0 Å². The van der Waals surface area contributed by atoms with E-state index < -0.39 is 21.4 Å². The number of benzene rings is 1. The minimum absolute atomic E-state index is 0.222. The molecule has 1 rings (SSSR count). The first-order valence-electron chi connectivity index (χ1n) is 5.75. The molecule has 0 fully saturated rings. The van der Waals surface area contributed by atoms with Crippen molar-refractivity contribution in [1.29, 1.82) is 0 Å². The fourth-order valence-electron chi connectivity index (χ4n) is 1.36. The fraction of sp³-hybridized carbons (Fsp3) is 0.462. The summed E-state index contributed by atoms with van der Waals surface area (Å²) in [4.78, 5) is 11.5. The number of rotatable bonds is 2. The van der Waals surface area contributed by atoms with E-state index in [0.29, 0.717) is 0 Å². The van der Waals surface area contributed by atoms with E-state index >= 15 is 0 Å². The maximum Gasteiger partial charge on any atom is 0.442 e. The average molecular weight is 348 g/mol. The van der Waals surface area contributed by atoms with E-state index in [4.69, 9.17) is 4.74 Å². The van der Waals surface area contributed by atoms with E-state index in [1.54, 1.807) is 20.8 Å². The number of carbonyl (C=O) groups excluding carboxylic acids is 1. The minimum atomic E-state index is -2.63. The molecular formula is C13H18BrNO3S. The van der Waals surface area contributed by atoms with Gasteiger partial charge in [-0.3, -0.25) is 0 Å². The van der Waals surface area contributed by atoms with Gasteiger partial charge in [0.25, 0.3) is 0 Å². The molecule has 0 saturated carbocycles. The highest BCUT2D eigenvalue weighted by Crippen LogP contribution is 2.14. The molecule has 0 heterocycles. The molecule has 0 spiro atoms. The van der Waals surface area contributed by atoms with Crippen molar-refractivity contribution < 1.29 is 13.7 Å².